The van der Waals surface area contributed by atoms with Crippen LogP contribution in [0.3, 0.4) is 0 Å². The van der Waals surface area contributed by atoms with Gasteiger partial charge in [0, 0.05) is 43.7 Å². The molecule has 1 N–H and O–H groups in total. The Kier molecular flexibility index (Phi) is 5.44. The van der Waals surface area contributed by atoms with Crippen molar-refractivity contribution >= 4 is 17.5 Å². The summed E-state index contributed by atoms with van der Waals surface area (Å²) in [5.41, 5.74) is 0.266. The minimum atomic E-state index is -0.692. The van der Waals surface area contributed by atoms with E-state index in [0.29, 0.717) is 45.4 Å². The highest BCUT2D eigenvalue weighted by Gasteiger charge is 2.47. The minimum Gasteiger partial charge on any atom is -0.368 e. The molecule has 6 nitrogen and oxygen atoms in total. The first-order valence-corrected chi connectivity index (χ1v) is 10.5. The highest BCUT2D eigenvalue weighted by molar-refractivity contribution is 5.88. The molecule has 2 aliphatic carbocycles. The number of nitriles is 1. The van der Waals surface area contributed by atoms with Gasteiger partial charge in [0.2, 0.25) is 11.8 Å². The molecule has 154 valence electrons. The van der Waals surface area contributed by atoms with Crippen molar-refractivity contribution in [3.05, 3.63) is 30.1 Å². The van der Waals surface area contributed by atoms with E-state index in [0.717, 1.165) is 24.9 Å². The number of carbonyl (C=O) groups is 2. The van der Waals surface area contributed by atoms with Gasteiger partial charge in [-0.2, -0.15) is 5.26 Å². The van der Waals surface area contributed by atoms with E-state index in [4.69, 9.17) is 0 Å². The standard InChI is InChI=1S/C22H27FN4O2/c23-16-5-7-17(8-6-16)26-11-13-27(14-12-26)21(29)19-4-2-1-3-18(19)20(28)25-22(15-24)9-10-22/h5-8,18-19H,1-4,9-14H2,(H,25,28). The molecule has 1 aromatic rings. The van der Waals surface area contributed by atoms with Crippen LogP contribution in [0.4, 0.5) is 10.1 Å². The highest BCUT2D eigenvalue weighted by Crippen LogP contribution is 2.37. The number of nitrogens with zero attached hydrogens (tertiary/aromatic N) is 3. The first kappa shape index (κ1) is 19.7. The second-order valence-electron chi connectivity index (χ2n) is 8.47. The average molecular weight is 398 g/mol. The lowest BCUT2D eigenvalue weighted by Crippen LogP contribution is -2.53. The van der Waals surface area contributed by atoms with Crippen molar-refractivity contribution in [3.8, 4) is 6.07 Å². The van der Waals surface area contributed by atoms with Crippen LogP contribution in [0.5, 0.6) is 0 Å². The Morgan fingerprint density at radius 1 is 1.03 bits per heavy atom. The van der Waals surface area contributed by atoms with Crippen molar-refractivity contribution in [2.45, 2.75) is 44.1 Å². The average Bonchev–Trinajstić information content (AvgIpc) is 3.54. The van der Waals surface area contributed by atoms with Crippen molar-refractivity contribution < 1.29 is 14.0 Å². The summed E-state index contributed by atoms with van der Waals surface area (Å²) in [7, 11) is 0. The van der Waals surface area contributed by atoms with Crippen LogP contribution in [0.2, 0.25) is 0 Å². The molecule has 1 aliphatic heterocycles. The molecule has 0 spiro atoms. The molecule has 29 heavy (non-hydrogen) atoms. The molecule has 1 aromatic carbocycles. The molecule has 1 saturated heterocycles. The minimum absolute atomic E-state index is 0.0606. The molecule has 1 heterocycles. The van der Waals surface area contributed by atoms with Crippen LogP contribution in [0.15, 0.2) is 24.3 Å². The van der Waals surface area contributed by atoms with E-state index < -0.39 is 5.54 Å². The maximum absolute atomic E-state index is 13.2. The second-order valence-corrected chi connectivity index (χ2v) is 8.47. The smallest absolute Gasteiger partial charge is 0.226 e. The van der Waals surface area contributed by atoms with Gasteiger partial charge in [-0.15, -0.1) is 0 Å². The summed E-state index contributed by atoms with van der Waals surface area (Å²) in [5.74, 6) is -0.959. The SMILES string of the molecule is N#CC1(NC(=O)C2CCCCC2C(=O)N2CCN(c3ccc(F)cc3)CC2)CC1. The number of amides is 2. The van der Waals surface area contributed by atoms with Gasteiger partial charge in [-0.05, 0) is 49.9 Å². The van der Waals surface area contributed by atoms with Gasteiger partial charge in [0.25, 0.3) is 0 Å². The molecule has 7 heteroatoms. The molecule has 2 atom stereocenters. The number of nitrogens with one attached hydrogen (secondary N) is 1. The zero-order valence-electron chi connectivity index (χ0n) is 16.6. The lowest BCUT2D eigenvalue weighted by atomic mass is 9.77. The number of anilines is 1. The van der Waals surface area contributed by atoms with Gasteiger partial charge in [0.05, 0.1) is 6.07 Å². The van der Waals surface area contributed by atoms with Gasteiger partial charge in [0.1, 0.15) is 11.4 Å². The first-order chi connectivity index (χ1) is 14.0. The Bertz CT molecular complexity index is 807. The molecule has 0 bridgehead atoms. The van der Waals surface area contributed by atoms with Gasteiger partial charge in [-0.1, -0.05) is 12.8 Å². The van der Waals surface area contributed by atoms with Crippen LogP contribution < -0.4 is 10.2 Å². The van der Waals surface area contributed by atoms with Crippen molar-refractivity contribution in [1.29, 1.82) is 5.26 Å². The molecular weight excluding hydrogens is 371 g/mol. The van der Waals surface area contributed by atoms with Gasteiger partial charge < -0.3 is 15.1 Å². The van der Waals surface area contributed by atoms with E-state index in [1.165, 1.54) is 12.1 Å². The largest absolute Gasteiger partial charge is 0.368 e. The predicted molar refractivity (Wildman–Crippen MR) is 106 cm³/mol. The number of carbonyl (C=O) groups excluding carboxylic acids is 2. The lowest BCUT2D eigenvalue weighted by Gasteiger charge is -2.39. The second kappa shape index (κ2) is 8.02. The Balaban J connectivity index is 1.37. The highest BCUT2D eigenvalue weighted by atomic mass is 19.1. The summed E-state index contributed by atoms with van der Waals surface area (Å²) in [5, 5.41) is 12.1. The van der Waals surface area contributed by atoms with Crippen LogP contribution in [-0.2, 0) is 9.59 Å². The number of halogens is 1. The predicted octanol–water partition coefficient (Wildman–Crippen LogP) is 2.45. The molecule has 0 aromatic heterocycles. The van der Waals surface area contributed by atoms with E-state index in [2.05, 4.69) is 16.3 Å². The Morgan fingerprint density at radius 3 is 2.24 bits per heavy atom. The van der Waals surface area contributed by atoms with Crippen LogP contribution in [-0.4, -0.2) is 48.4 Å². The van der Waals surface area contributed by atoms with E-state index in [-0.39, 0.29) is 29.5 Å². The van der Waals surface area contributed by atoms with Gasteiger partial charge in [-0.25, -0.2) is 4.39 Å². The maximum Gasteiger partial charge on any atom is 0.226 e. The molecule has 0 radical (unpaired) electrons. The number of hydrogen-bond acceptors (Lipinski definition) is 4. The van der Waals surface area contributed by atoms with E-state index in [1.54, 1.807) is 12.1 Å². The molecule has 3 aliphatic rings. The molecule has 4 rings (SSSR count). The van der Waals surface area contributed by atoms with Crippen molar-refractivity contribution in [1.82, 2.24) is 10.2 Å². The quantitative estimate of drug-likeness (QED) is 0.845. The fraction of sp³-hybridized carbons (Fsp3) is 0.591. The van der Waals surface area contributed by atoms with Crippen molar-refractivity contribution in [3.63, 3.8) is 0 Å². The molecule has 2 amide bonds. The van der Waals surface area contributed by atoms with Crippen molar-refractivity contribution in [2.75, 3.05) is 31.1 Å². The summed E-state index contributed by atoms with van der Waals surface area (Å²) in [4.78, 5) is 30.0. The first-order valence-electron chi connectivity index (χ1n) is 10.5. The molecule has 2 unspecified atom stereocenters. The topological polar surface area (TPSA) is 76.4 Å². The normalized spacial score (nSPS) is 25.8. The third-order valence-corrected chi connectivity index (χ3v) is 6.53. The van der Waals surface area contributed by atoms with Crippen LogP contribution in [0.25, 0.3) is 0 Å². The number of hydrogen-bond donors (Lipinski definition) is 1. The maximum atomic E-state index is 13.2. The van der Waals surface area contributed by atoms with E-state index in [9.17, 15) is 19.2 Å². The Morgan fingerprint density at radius 2 is 1.66 bits per heavy atom. The fourth-order valence-electron chi connectivity index (χ4n) is 4.53. The molecule has 2 saturated carbocycles. The Hall–Kier alpha value is -2.62. The number of piperazine rings is 1. The number of rotatable bonds is 4. The van der Waals surface area contributed by atoms with Crippen LogP contribution >= 0.6 is 0 Å². The zero-order chi connectivity index (χ0) is 20.4. The molecular formula is C22H27FN4O2. The zero-order valence-corrected chi connectivity index (χ0v) is 16.6. The van der Waals surface area contributed by atoms with E-state index >= 15 is 0 Å². The summed E-state index contributed by atoms with van der Waals surface area (Å²) in [6, 6.07) is 8.62. The van der Waals surface area contributed by atoms with Gasteiger partial charge in [0.15, 0.2) is 0 Å². The Labute approximate surface area is 170 Å². The summed E-state index contributed by atoms with van der Waals surface area (Å²) < 4.78 is 13.1. The lowest BCUT2D eigenvalue weighted by molar-refractivity contribution is -0.144. The fourth-order valence-corrected chi connectivity index (χ4v) is 4.53. The summed E-state index contributed by atoms with van der Waals surface area (Å²) in [6.07, 6.45) is 4.74. The monoisotopic (exact) mass is 398 g/mol. The summed E-state index contributed by atoms with van der Waals surface area (Å²) >= 11 is 0. The van der Waals surface area contributed by atoms with Crippen LogP contribution in [0, 0.1) is 29.0 Å². The van der Waals surface area contributed by atoms with E-state index in [1.807, 2.05) is 4.90 Å². The third kappa shape index (κ3) is 4.21. The van der Waals surface area contributed by atoms with Gasteiger partial charge >= 0.3 is 0 Å². The summed E-state index contributed by atoms with van der Waals surface area (Å²) in [6.45, 7) is 2.59. The van der Waals surface area contributed by atoms with Crippen LogP contribution in [0.1, 0.15) is 38.5 Å². The van der Waals surface area contributed by atoms with Gasteiger partial charge in [-0.3, -0.25) is 9.59 Å². The van der Waals surface area contributed by atoms with Crippen molar-refractivity contribution in [2.24, 2.45) is 11.8 Å². The number of benzene rings is 1. The third-order valence-electron chi connectivity index (χ3n) is 6.53. The molecule has 3 fully saturated rings.